The lowest BCUT2D eigenvalue weighted by molar-refractivity contribution is 0.0880. The van der Waals surface area contributed by atoms with Crippen molar-refractivity contribution in [1.29, 1.82) is 0 Å². The fraction of sp³-hybridized carbons (Fsp3) is 0.583. The third-order valence-electron chi connectivity index (χ3n) is 3.23. The smallest absolute Gasteiger partial charge is 0.177 e. The van der Waals surface area contributed by atoms with Gasteiger partial charge < -0.3 is 0 Å². The number of halogens is 1. The largest absolute Gasteiger partial charge is 0.293 e. The molecule has 0 aliphatic heterocycles. The third kappa shape index (κ3) is 2.43. The van der Waals surface area contributed by atoms with Crippen molar-refractivity contribution in [1.82, 2.24) is 0 Å². The maximum Gasteiger partial charge on any atom is 0.177 e. The Hall–Kier alpha value is -0.340. The molecule has 1 aliphatic carbocycles. The molecular weight excluding hydrogens is 228 g/mol. The zero-order valence-electron chi connectivity index (χ0n) is 8.83. The van der Waals surface area contributed by atoms with Crippen LogP contribution in [0.15, 0.2) is 11.4 Å². The minimum absolute atomic E-state index is 0.220. The molecule has 0 N–H and O–H groups in total. The highest BCUT2D eigenvalue weighted by Crippen LogP contribution is 2.33. The predicted octanol–water partition coefficient (Wildman–Crippen LogP) is 4.41. The van der Waals surface area contributed by atoms with Gasteiger partial charge in [0, 0.05) is 5.92 Å². The summed E-state index contributed by atoms with van der Waals surface area (Å²) in [5.41, 5.74) is 0. The molecule has 1 aromatic heterocycles. The van der Waals surface area contributed by atoms with Crippen LogP contribution >= 0.6 is 22.9 Å². The molecule has 1 fully saturated rings. The third-order valence-corrected chi connectivity index (χ3v) is 4.58. The highest BCUT2D eigenvalue weighted by Gasteiger charge is 2.26. The fourth-order valence-corrected chi connectivity index (χ4v) is 3.35. The number of hydrogen-bond acceptors (Lipinski definition) is 2. The minimum Gasteiger partial charge on any atom is -0.293 e. The van der Waals surface area contributed by atoms with Crippen molar-refractivity contribution in [2.45, 2.75) is 32.6 Å². The molecule has 1 nitrogen and oxygen atoms in total. The van der Waals surface area contributed by atoms with Crippen LogP contribution in [-0.2, 0) is 0 Å². The summed E-state index contributed by atoms with van der Waals surface area (Å²) in [7, 11) is 0. The Morgan fingerprint density at radius 2 is 2.07 bits per heavy atom. The molecule has 0 aromatic carbocycles. The van der Waals surface area contributed by atoms with Gasteiger partial charge in [0.15, 0.2) is 5.78 Å². The zero-order chi connectivity index (χ0) is 10.8. The van der Waals surface area contributed by atoms with Gasteiger partial charge in [0.1, 0.15) is 0 Å². The molecular formula is C12H15ClOS. The highest BCUT2D eigenvalue weighted by molar-refractivity contribution is 7.12. The Morgan fingerprint density at radius 3 is 2.60 bits per heavy atom. The average molecular weight is 243 g/mol. The van der Waals surface area contributed by atoms with E-state index in [1.54, 1.807) is 0 Å². The maximum atomic E-state index is 12.1. The Balaban J connectivity index is 2.06. The van der Waals surface area contributed by atoms with E-state index in [0.29, 0.717) is 5.02 Å². The lowest BCUT2D eigenvalue weighted by atomic mass is 9.80. The number of carbonyl (C=O) groups excluding carboxylic acids is 1. The van der Waals surface area contributed by atoms with E-state index in [9.17, 15) is 4.79 Å². The van der Waals surface area contributed by atoms with Crippen LogP contribution in [0.1, 0.15) is 42.3 Å². The van der Waals surface area contributed by atoms with Crippen molar-refractivity contribution in [3.8, 4) is 0 Å². The first-order chi connectivity index (χ1) is 7.18. The van der Waals surface area contributed by atoms with Crippen LogP contribution in [0.4, 0.5) is 0 Å². The normalized spacial score (nSPS) is 26.5. The summed E-state index contributed by atoms with van der Waals surface area (Å²) in [6.07, 6.45) is 4.43. The van der Waals surface area contributed by atoms with Gasteiger partial charge in [0.25, 0.3) is 0 Å². The SMILES string of the molecule is CC1CCC(C(=O)c2sccc2Cl)CC1. The van der Waals surface area contributed by atoms with Gasteiger partial charge in [-0.3, -0.25) is 4.79 Å². The van der Waals surface area contributed by atoms with Gasteiger partial charge in [-0.25, -0.2) is 0 Å². The summed E-state index contributed by atoms with van der Waals surface area (Å²) in [6, 6.07) is 1.81. The van der Waals surface area contributed by atoms with Crippen LogP contribution in [0, 0.1) is 11.8 Å². The number of ketones is 1. The van der Waals surface area contributed by atoms with E-state index >= 15 is 0 Å². The Bertz CT molecular complexity index is 350. The van der Waals surface area contributed by atoms with Crippen LogP contribution in [0.25, 0.3) is 0 Å². The van der Waals surface area contributed by atoms with Gasteiger partial charge in [0.2, 0.25) is 0 Å². The predicted molar refractivity (Wildman–Crippen MR) is 64.8 cm³/mol. The molecule has 0 radical (unpaired) electrons. The van der Waals surface area contributed by atoms with Gasteiger partial charge in [-0.1, -0.05) is 31.4 Å². The van der Waals surface area contributed by atoms with E-state index in [4.69, 9.17) is 11.6 Å². The second-order valence-corrected chi connectivity index (χ2v) is 5.74. The zero-order valence-corrected chi connectivity index (χ0v) is 10.4. The molecule has 0 bridgehead atoms. The molecule has 82 valence electrons. The molecule has 0 atom stereocenters. The van der Waals surface area contributed by atoms with Crippen molar-refractivity contribution in [3.05, 3.63) is 21.3 Å². The van der Waals surface area contributed by atoms with E-state index in [-0.39, 0.29) is 11.7 Å². The summed E-state index contributed by atoms with van der Waals surface area (Å²) in [5, 5.41) is 2.52. The van der Waals surface area contributed by atoms with Gasteiger partial charge in [-0.2, -0.15) is 0 Å². The quantitative estimate of drug-likeness (QED) is 0.702. The Morgan fingerprint density at radius 1 is 1.40 bits per heavy atom. The van der Waals surface area contributed by atoms with E-state index in [2.05, 4.69) is 6.92 Å². The van der Waals surface area contributed by atoms with Gasteiger partial charge in [-0.15, -0.1) is 11.3 Å². The monoisotopic (exact) mass is 242 g/mol. The second-order valence-electron chi connectivity index (χ2n) is 4.42. The summed E-state index contributed by atoms with van der Waals surface area (Å²) in [4.78, 5) is 12.9. The Kier molecular flexibility index (Phi) is 3.47. The van der Waals surface area contributed by atoms with Crippen LogP contribution in [0.2, 0.25) is 5.02 Å². The summed E-state index contributed by atoms with van der Waals surface area (Å²) >= 11 is 7.44. The highest BCUT2D eigenvalue weighted by atomic mass is 35.5. The number of carbonyl (C=O) groups is 1. The van der Waals surface area contributed by atoms with Crippen LogP contribution in [0.3, 0.4) is 0 Å². The first kappa shape index (κ1) is 11.2. The van der Waals surface area contributed by atoms with Crippen molar-refractivity contribution in [2.75, 3.05) is 0 Å². The van der Waals surface area contributed by atoms with E-state index in [0.717, 1.165) is 23.6 Å². The first-order valence-electron chi connectivity index (χ1n) is 5.45. The molecule has 2 rings (SSSR count). The lowest BCUT2D eigenvalue weighted by Crippen LogP contribution is -2.20. The molecule has 0 amide bonds. The van der Waals surface area contributed by atoms with Gasteiger partial charge in [-0.05, 0) is 30.2 Å². The first-order valence-corrected chi connectivity index (χ1v) is 6.71. The molecule has 1 aliphatic rings. The standard InChI is InChI=1S/C12H15ClOS/c1-8-2-4-9(5-3-8)11(14)12-10(13)6-7-15-12/h6-9H,2-5H2,1H3. The lowest BCUT2D eigenvalue weighted by Gasteiger charge is -2.24. The Labute approximate surface area is 99.5 Å². The number of thiophene rings is 1. The second kappa shape index (κ2) is 4.67. The average Bonchev–Trinajstić information content (AvgIpc) is 2.65. The number of hydrogen-bond donors (Lipinski definition) is 0. The van der Waals surface area contributed by atoms with E-state index < -0.39 is 0 Å². The fourth-order valence-electron chi connectivity index (χ4n) is 2.18. The van der Waals surface area contributed by atoms with Crippen molar-refractivity contribution >= 4 is 28.7 Å². The van der Waals surface area contributed by atoms with Crippen LogP contribution in [0.5, 0.6) is 0 Å². The minimum atomic E-state index is 0.220. The summed E-state index contributed by atoms with van der Waals surface area (Å²) < 4.78 is 0. The van der Waals surface area contributed by atoms with E-state index in [1.165, 1.54) is 24.2 Å². The number of rotatable bonds is 2. The molecule has 1 aromatic rings. The van der Waals surface area contributed by atoms with Crippen LogP contribution < -0.4 is 0 Å². The number of Topliss-reactive ketones (excluding diaryl/α,β-unsaturated/α-hetero) is 1. The molecule has 15 heavy (non-hydrogen) atoms. The van der Waals surface area contributed by atoms with Crippen molar-refractivity contribution in [3.63, 3.8) is 0 Å². The van der Waals surface area contributed by atoms with Crippen molar-refractivity contribution in [2.24, 2.45) is 11.8 Å². The van der Waals surface area contributed by atoms with Crippen molar-refractivity contribution < 1.29 is 4.79 Å². The molecule has 1 saturated carbocycles. The van der Waals surface area contributed by atoms with Gasteiger partial charge >= 0.3 is 0 Å². The molecule has 3 heteroatoms. The molecule has 0 unspecified atom stereocenters. The molecule has 0 saturated heterocycles. The topological polar surface area (TPSA) is 17.1 Å². The summed E-state index contributed by atoms with van der Waals surface area (Å²) in [6.45, 7) is 2.26. The van der Waals surface area contributed by atoms with E-state index in [1.807, 2.05) is 11.4 Å². The molecule has 1 heterocycles. The van der Waals surface area contributed by atoms with Gasteiger partial charge in [0.05, 0.1) is 9.90 Å². The van der Waals surface area contributed by atoms with Crippen LogP contribution in [-0.4, -0.2) is 5.78 Å². The molecule has 0 spiro atoms. The maximum absolute atomic E-state index is 12.1. The summed E-state index contributed by atoms with van der Waals surface area (Å²) in [5.74, 6) is 1.27.